The Hall–Kier alpha value is -1.06. The molecule has 1 atom stereocenters. The summed E-state index contributed by atoms with van der Waals surface area (Å²) in [5.41, 5.74) is 0.916. The first-order valence-corrected chi connectivity index (χ1v) is 4.66. The number of likely N-dealkylation sites (N-methyl/N-ethyl adjacent to an activating group) is 1. The van der Waals surface area contributed by atoms with Gasteiger partial charge in [0.1, 0.15) is 6.04 Å². The molecule has 0 amide bonds. The minimum Gasteiger partial charge on any atom is -0.480 e. The van der Waals surface area contributed by atoms with Crippen molar-refractivity contribution in [1.29, 1.82) is 0 Å². The van der Waals surface area contributed by atoms with Crippen LogP contribution in [0.4, 0.5) is 0 Å². The van der Waals surface area contributed by atoms with E-state index in [1.165, 1.54) is 0 Å². The van der Waals surface area contributed by atoms with Gasteiger partial charge in [0, 0.05) is 5.02 Å². The molecule has 2 N–H and O–H groups in total. The van der Waals surface area contributed by atoms with E-state index in [9.17, 15) is 4.79 Å². The largest absolute Gasteiger partial charge is 0.480 e. The van der Waals surface area contributed by atoms with Gasteiger partial charge in [-0.2, -0.15) is 0 Å². The Kier molecular flexibility index (Phi) is 3.92. The van der Waals surface area contributed by atoms with E-state index >= 15 is 0 Å². The summed E-state index contributed by atoms with van der Waals surface area (Å²) in [6.45, 7) is 0. The minimum atomic E-state index is -0.854. The van der Waals surface area contributed by atoms with Gasteiger partial charge in [0.2, 0.25) is 0 Å². The zero-order valence-corrected chi connectivity index (χ0v) is 8.58. The van der Waals surface area contributed by atoms with Crippen molar-refractivity contribution < 1.29 is 9.90 Å². The van der Waals surface area contributed by atoms with Gasteiger partial charge >= 0.3 is 5.97 Å². The Labute approximate surface area is 87.7 Å². The number of carbonyl (C=O) groups is 1. The lowest BCUT2D eigenvalue weighted by atomic mass is 10.1. The maximum absolute atomic E-state index is 10.7. The van der Waals surface area contributed by atoms with Gasteiger partial charge in [0.05, 0.1) is 0 Å². The minimum absolute atomic E-state index is 0.437. The Morgan fingerprint density at radius 3 is 2.86 bits per heavy atom. The number of benzene rings is 1. The maximum atomic E-state index is 10.7. The maximum Gasteiger partial charge on any atom is 0.321 e. The number of halogens is 1. The molecule has 0 saturated heterocycles. The smallest absolute Gasteiger partial charge is 0.321 e. The Morgan fingerprint density at radius 2 is 2.36 bits per heavy atom. The second kappa shape index (κ2) is 4.98. The van der Waals surface area contributed by atoms with Gasteiger partial charge in [-0.05, 0) is 31.2 Å². The molecule has 1 rings (SSSR count). The molecule has 0 aliphatic heterocycles. The average Bonchev–Trinajstić information content (AvgIpc) is 2.14. The first-order chi connectivity index (χ1) is 6.63. The average molecular weight is 214 g/mol. The number of nitrogens with one attached hydrogen (secondary N) is 1. The number of aliphatic carboxylic acids is 1. The van der Waals surface area contributed by atoms with Crippen LogP contribution in [0.3, 0.4) is 0 Å². The fourth-order valence-electron chi connectivity index (χ4n) is 1.21. The van der Waals surface area contributed by atoms with E-state index in [1.54, 1.807) is 19.2 Å². The molecule has 0 saturated carbocycles. The summed E-state index contributed by atoms with van der Waals surface area (Å²) < 4.78 is 0. The SMILES string of the molecule is CNC(Cc1cccc(Cl)c1)C(=O)O. The van der Waals surface area contributed by atoms with Crippen molar-refractivity contribution in [3.05, 3.63) is 34.9 Å². The molecule has 4 heteroatoms. The van der Waals surface area contributed by atoms with Crippen molar-refractivity contribution in [3.63, 3.8) is 0 Å². The lowest BCUT2D eigenvalue weighted by Crippen LogP contribution is -2.35. The second-order valence-corrected chi connectivity index (χ2v) is 3.45. The molecular weight excluding hydrogens is 202 g/mol. The number of hydrogen-bond donors (Lipinski definition) is 2. The van der Waals surface area contributed by atoms with Crippen LogP contribution in [0.5, 0.6) is 0 Å². The molecule has 0 fully saturated rings. The van der Waals surface area contributed by atoms with Gasteiger partial charge in [0.15, 0.2) is 0 Å². The van der Waals surface area contributed by atoms with Crippen LogP contribution in [0.1, 0.15) is 5.56 Å². The molecule has 1 unspecified atom stereocenters. The molecular formula is C10H12ClNO2. The van der Waals surface area contributed by atoms with E-state index in [0.717, 1.165) is 5.56 Å². The molecule has 0 spiro atoms. The van der Waals surface area contributed by atoms with Crippen LogP contribution in [0.15, 0.2) is 24.3 Å². The lowest BCUT2D eigenvalue weighted by molar-refractivity contribution is -0.139. The Bertz CT molecular complexity index is 328. The topological polar surface area (TPSA) is 49.3 Å². The zero-order valence-electron chi connectivity index (χ0n) is 7.83. The van der Waals surface area contributed by atoms with Crippen LogP contribution >= 0.6 is 11.6 Å². The van der Waals surface area contributed by atoms with E-state index in [-0.39, 0.29) is 0 Å². The predicted molar refractivity (Wildman–Crippen MR) is 55.6 cm³/mol. The molecule has 0 radical (unpaired) electrons. The van der Waals surface area contributed by atoms with Crippen LogP contribution in [0.2, 0.25) is 5.02 Å². The van der Waals surface area contributed by atoms with Crippen molar-refractivity contribution in [2.24, 2.45) is 0 Å². The van der Waals surface area contributed by atoms with Crippen LogP contribution in [0, 0.1) is 0 Å². The number of carboxylic acids is 1. The third kappa shape index (κ3) is 3.01. The van der Waals surface area contributed by atoms with Crippen molar-refractivity contribution >= 4 is 17.6 Å². The normalized spacial score (nSPS) is 12.4. The fourth-order valence-corrected chi connectivity index (χ4v) is 1.43. The van der Waals surface area contributed by atoms with Crippen LogP contribution in [0.25, 0.3) is 0 Å². The summed E-state index contributed by atoms with van der Waals surface area (Å²) in [4.78, 5) is 10.7. The fraction of sp³-hybridized carbons (Fsp3) is 0.300. The van der Waals surface area contributed by atoms with Gasteiger partial charge in [-0.1, -0.05) is 23.7 Å². The highest BCUT2D eigenvalue weighted by molar-refractivity contribution is 6.30. The second-order valence-electron chi connectivity index (χ2n) is 3.01. The van der Waals surface area contributed by atoms with Crippen molar-refractivity contribution in [3.8, 4) is 0 Å². The van der Waals surface area contributed by atoms with E-state index in [0.29, 0.717) is 11.4 Å². The van der Waals surface area contributed by atoms with Crippen molar-refractivity contribution in [2.45, 2.75) is 12.5 Å². The predicted octanol–water partition coefficient (Wildman–Crippen LogP) is 1.56. The van der Waals surface area contributed by atoms with E-state index in [4.69, 9.17) is 16.7 Å². The summed E-state index contributed by atoms with van der Waals surface area (Å²) in [5, 5.41) is 12.2. The third-order valence-corrected chi connectivity index (χ3v) is 2.21. The molecule has 0 heterocycles. The third-order valence-electron chi connectivity index (χ3n) is 1.98. The van der Waals surface area contributed by atoms with Crippen molar-refractivity contribution in [1.82, 2.24) is 5.32 Å². The highest BCUT2D eigenvalue weighted by atomic mass is 35.5. The summed E-state index contributed by atoms with van der Waals surface area (Å²) in [7, 11) is 1.63. The quantitative estimate of drug-likeness (QED) is 0.798. The van der Waals surface area contributed by atoms with Gasteiger partial charge in [-0.15, -0.1) is 0 Å². The number of carboxylic acid groups (broad SMARTS) is 1. The Morgan fingerprint density at radius 1 is 1.64 bits per heavy atom. The summed E-state index contributed by atoms with van der Waals surface area (Å²) in [5.74, 6) is -0.854. The molecule has 14 heavy (non-hydrogen) atoms. The summed E-state index contributed by atoms with van der Waals surface area (Å²) in [6, 6.07) is 6.65. The first kappa shape index (κ1) is 11.0. The van der Waals surface area contributed by atoms with Gasteiger partial charge in [0.25, 0.3) is 0 Å². The lowest BCUT2D eigenvalue weighted by Gasteiger charge is -2.10. The molecule has 1 aromatic carbocycles. The zero-order chi connectivity index (χ0) is 10.6. The highest BCUT2D eigenvalue weighted by Crippen LogP contribution is 2.12. The van der Waals surface area contributed by atoms with Gasteiger partial charge in [-0.3, -0.25) is 4.79 Å². The molecule has 0 aliphatic carbocycles. The van der Waals surface area contributed by atoms with E-state index < -0.39 is 12.0 Å². The van der Waals surface area contributed by atoms with Crippen molar-refractivity contribution in [2.75, 3.05) is 7.05 Å². The first-order valence-electron chi connectivity index (χ1n) is 4.28. The van der Waals surface area contributed by atoms with Crippen LogP contribution in [-0.4, -0.2) is 24.2 Å². The standard InChI is InChI=1S/C10H12ClNO2/c1-12-9(10(13)14)6-7-3-2-4-8(11)5-7/h2-5,9,12H,6H2,1H3,(H,13,14). The monoisotopic (exact) mass is 213 g/mol. The number of rotatable bonds is 4. The number of hydrogen-bond acceptors (Lipinski definition) is 2. The summed E-state index contributed by atoms with van der Waals surface area (Å²) >= 11 is 5.78. The molecule has 3 nitrogen and oxygen atoms in total. The van der Waals surface area contributed by atoms with Gasteiger partial charge < -0.3 is 10.4 Å². The molecule has 0 aromatic heterocycles. The van der Waals surface area contributed by atoms with E-state index in [1.807, 2.05) is 12.1 Å². The Balaban J connectivity index is 2.72. The van der Waals surface area contributed by atoms with Gasteiger partial charge in [-0.25, -0.2) is 0 Å². The summed E-state index contributed by atoms with van der Waals surface area (Å²) in [6.07, 6.45) is 0.437. The molecule has 76 valence electrons. The molecule has 1 aromatic rings. The van der Waals surface area contributed by atoms with Crippen LogP contribution < -0.4 is 5.32 Å². The molecule has 0 bridgehead atoms. The van der Waals surface area contributed by atoms with E-state index in [2.05, 4.69) is 5.32 Å². The molecule has 0 aliphatic rings. The highest BCUT2D eigenvalue weighted by Gasteiger charge is 2.14. The van der Waals surface area contributed by atoms with Crippen LogP contribution in [-0.2, 0) is 11.2 Å².